The number of nitrogens with zero attached hydrogens (tertiary/aromatic N) is 3. The fourth-order valence-electron chi connectivity index (χ4n) is 4.36. The molecule has 2 atom stereocenters. The maximum absolute atomic E-state index is 12.6. The Morgan fingerprint density at radius 3 is 2.41 bits per heavy atom. The number of carbonyl (C=O) groups is 2. The number of nitrogens with one attached hydrogen (secondary N) is 2. The van der Waals surface area contributed by atoms with Crippen molar-refractivity contribution in [1.29, 1.82) is 0 Å². The Kier molecular flexibility index (Phi) is 8.41. The highest BCUT2D eigenvalue weighted by molar-refractivity contribution is 7.10. The molecule has 3 aromatic rings. The van der Waals surface area contributed by atoms with Gasteiger partial charge in [0.1, 0.15) is 0 Å². The van der Waals surface area contributed by atoms with Gasteiger partial charge in [0.05, 0.1) is 6.04 Å². The number of thiophene rings is 1. The summed E-state index contributed by atoms with van der Waals surface area (Å²) >= 11 is 1.69. The molecule has 178 valence electrons. The summed E-state index contributed by atoms with van der Waals surface area (Å²) < 4.78 is 0. The second-order valence-electron chi connectivity index (χ2n) is 8.56. The lowest BCUT2D eigenvalue weighted by Gasteiger charge is -2.41. The van der Waals surface area contributed by atoms with Gasteiger partial charge in [0.2, 0.25) is 0 Å². The van der Waals surface area contributed by atoms with Gasteiger partial charge in [-0.2, -0.15) is 0 Å². The molecule has 34 heavy (non-hydrogen) atoms. The average molecular weight is 478 g/mol. The van der Waals surface area contributed by atoms with Crippen LogP contribution in [0.2, 0.25) is 0 Å². The van der Waals surface area contributed by atoms with Crippen LogP contribution in [0.1, 0.15) is 29.0 Å². The van der Waals surface area contributed by atoms with Crippen molar-refractivity contribution in [2.75, 3.05) is 26.2 Å². The number of aromatic nitrogens is 1. The summed E-state index contributed by atoms with van der Waals surface area (Å²) in [5.41, 5.74) is 2.17. The van der Waals surface area contributed by atoms with Crippen LogP contribution in [0, 0.1) is 0 Å². The third-order valence-electron chi connectivity index (χ3n) is 6.10. The van der Waals surface area contributed by atoms with Crippen LogP contribution in [-0.2, 0) is 22.7 Å². The number of benzene rings is 1. The van der Waals surface area contributed by atoms with E-state index in [9.17, 15) is 9.59 Å². The molecule has 1 saturated heterocycles. The van der Waals surface area contributed by atoms with Gasteiger partial charge in [0.25, 0.3) is 0 Å². The molecule has 1 aromatic carbocycles. The van der Waals surface area contributed by atoms with Crippen LogP contribution >= 0.6 is 11.3 Å². The largest absolute Gasteiger partial charge is 0.344 e. The molecule has 1 aliphatic rings. The predicted molar refractivity (Wildman–Crippen MR) is 134 cm³/mol. The normalized spacial score (nSPS) is 16.5. The minimum absolute atomic E-state index is 0.0222. The molecule has 2 amide bonds. The molecule has 7 nitrogen and oxygen atoms in total. The van der Waals surface area contributed by atoms with Gasteiger partial charge in [-0.05, 0) is 35.6 Å². The SMILES string of the molecule is C[C@@H](NC(=O)C(=O)NCc1cccnc1)[C@@H](c1cccs1)N1CCN(Cc2ccccc2)CC1. The van der Waals surface area contributed by atoms with E-state index in [4.69, 9.17) is 0 Å². The Morgan fingerprint density at radius 1 is 0.971 bits per heavy atom. The van der Waals surface area contributed by atoms with Crippen LogP contribution in [-0.4, -0.2) is 58.8 Å². The van der Waals surface area contributed by atoms with Crippen molar-refractivity contribution in [3.63, 3.8) is 0 Å². The molecule has 0 unspecified atom stereocenters. The maximum Gasteiger partial charge on any atom is 0.309 e. The maximum atomic E-state index is 12.6. The molecule has 0 aliphatic carbocycles. The zero-order valence-electron chi connectivity index (χ0n) is 19.4. The van der Waals surface area contributed by atoms with E-state index < -0.39 is 11.8 Å². The zero-order chi connectivity index (χ0) is 23.8. The first kappa shape index (κ1) is 24.1. The van der Waals surface area contributed by atoms with Gasteiger partial charge in [0.15, 0.2) is 0 Å². The lowest BCUT2D eigenvalue weighted by Crippen LogP contribution is -2.53. The Labute approximate surface area is 204 Å². The molecule has 2 N–H and O–H groups in total. The summed E-state index contributed by atoms with van der Waals surface area (Å²) in [4.78, 5) is 35.1. The molecule has 4 rings (SSSR count). The van der Waals surface area contributed by atoms with Crippen molar-refractivity contribution in [1.82, 2.24) is 25.4 Å². The predicted octanol–water partition coefficient (Wildman–Crippen LogP) is 2.82. The molecule has 1 aliphatic heterocycles. The summed E-state index contributed by atoms with van der Waals surface area (Å²) in [5, 5.41) is 7.67. The second kappa shape index (κ2) is 11.9. The minimum Gasteiger partial charge on any atom is -0.344 e. The highest BCUT2D eigenvalue weighted by atomic mass is 32.1. The number of amides is 2. The topological polar surface area (TPSA) is 77.6 Å². The van der Waals surface area contributed by atoms with Crippen LogP contribution in [0.15, 0.2) is 72.4 Å². The van der Waals surface area contributed by atoms with Gasteiger partial charge < -0.3 is 10.6 Å². The number of hydrogen-bond acceptors (Lipinski definition) is 6. The van der Waals surface area contributed by atoms with Crippen molar-refractivity contribution >= 4 is 23.2 Å². The van der Waals surface area contributed by atoms with Crippen LogP contribution in [0.5, 0.6) is 0 Å². The fourth-order valence-corrected chi connectivity index (χ4v) is 5.32. The quantitative estimate of drug-likeness (QED) is 0.488. The van der Waals surface area contributed by atoms with Crippen molar-refractivity contribution in [2.24, 2.45) is 0 Å². The first-order valence-electron chi connectivity index (χ1n) is 11.6. The molecular formula is C26H31N5O2S. The molecule has 0 radical (unpaired) electrons. The van der Waals surface area contributed by atoms with Gasteiger partial charge >= 0.3 is 11.8 Å². The summed E-state index contributed by atoms with van der Waals surface area (Å²) in [7, 11) is 0. The van der Waals surface area contributed by atoms with Gasteiger partial charge in [0, 0.05) is 62.6 Å². The molecule has 3 heterocycles. The Morgan fingerprint density at radius 2 is 1.74 bits per heavy atom. The van der Waals surface area contributed by atoms with Gasteiger partial charge in [-0.15, -0.1) is 11.3 Å². The highest BCUT2D eigenvalue weighted by Crippen LogP contribution is 2.29. The Hall–Kier alpha value is -3.07. The molecule has 0 saturated carbocycles. The summed E-state index contributed by atoms with van der Waals surface area (Å²) in [6.07, 6.45) is 3.34. The second-order valence-corrected chi connectivity index (χ2v) is 9.54. The number of carbonyl (C=O) groups excluding carboxylic acids is 2. The van der Waals surface area contributed by atoms with Gasteiger partial charge in [-0.3, -0.25) is 24.4 Å². The summed E-state index contributed by atoms with van der Waals surface area (Å²) in [5.74, 6) is -1.24. The van der Waals surface area contributed by atoms with E-state index in [2.05, 4.69) is 61.1 Å². The Bertz CT molecular complexity index is 1040. The van der Waals surface area contributed by atoms with E-state index in [0.29, 0.717) is 0 Å². The Balaban J connectivity index is 1.34. The van der Waals surface area contributed by atoms with Gasteiger partial charge in [-0.25, -0.2) is 0 Å². The molecule has 8 heteroatoms. The molecule has 0 spiro atoms. The number of rotatable bonds is 8. The van der Waals surface area contributed by atoms with Crippen LogP contribution < -0.4 is 10.6 Å². The molecule has 1 fully saturated rings. The molecule has 0 bridgehead atoms. The summed E-state index contributed by atoms with van der Waals surface area (Å²) in [6, 6.07) is 18.1. The van der Waals surface area contributed by atoms with Gasteiger partial charge in [-0.1, -0.05) is 42.5 Å². The zero-order valence-corrected chi connectivity index (χ0v) is 20.2. The van der Waals surface area contributed by atoms with E-state index in [1.165, 1.54) is 10.4 Å². The van der Waals surface area contributed by atoms with E-state index in [1.54, 1.807) is 29.8 Å². The highest BCUT2D eigenvalue weighted by Gasteiger charge is 2.31. The molecule has 2 aromatic heterocycles. The van der Waals surface area contributed by atoms with E-state index in [-0.39, 0.29) is 18.6 Å². The van der Waals surface area contributed by atoms with E-state index in [0.717, 1.165) is 38.3 Å². The van der Waals surface area contributed by atoms with Crippen molar-refractivity contribution in [3.8, 4) is 0 Å². The number of pyridine rings is 1. The summed E-state index contributed by atoms with van der Waals surface area (Å²) in [6.45, 7) is 6.93. The minimum atomic E-state index is -0.631. The number of piperazine rings is 1. The van der Waals surface area contributed by atoms with E-state index >= 15 is 0 Å². The molecular weight excluding hydrogens is 446 g/mol. The standard InChI is InChI=1S/C26H31N5O2S/c1-20(29-26(33)25(32)28-18-22-9-5-11-27-17-22)24(23-10-6-16-34-23)31-14-12-30(13-15-31)19-21-7-3-2-4-8-21/h2-11,16-17,20,24H,12-15,18-19H2,1H3,(H,28,32)(H,29,33)/t20-,24+/m1/s1. The monoisotopic (exact) mass is 477 g/mol. The lowest BCUT2D eigenvalue weighted by atomic mass is 10.0. The third-order valence-corrected chi connectivity index (χ3v) is 7.04. The average Bonchev–Trinajstić information content (AvgIpc) is 3.39. The smallest absolute Gasteiger partial charge is 0.309 e. The van der Waals surface area contributed by atoms with E-state index in [1.807, 2.05) is 25.1 Å². The lowest BCUT2D eigenvalue weighted by molar-refractivity contribution is -0.140. The fraction of sp³-hybridized carbons (Fsp3) is 0.346. The third kappa shape index (κ3) is 6.50. The first-order valence-corrected chi connectivity index (χ1v) is 12.5. The van der Waals surface area contributed by atoms with Crippen LogP contribution in [0.25, 0.3) is 0 Å². The van der Waals surface area contributed by atoms with Crippen molar-refractivity contribution in [2.45, 2.75) is 32.1 Å². The number of hydrogen-bond donors (Lipinski definition) is 2. The van der Waals surface area contributed by atoms with Crippen molar-refractivity contribution in [3.05, 3.63) is 88.4 Å². The van der Waals surface area contributed by atoms with Crippen LogP contribution in [0.4, 0.5) is 0 Å². The first-order chi connectivity index (χ1) is 16.6. The van der Waals surface area contributed by atoms with Crippen molar-refractivity contribution < 1.29 is 9.59 Å². The van der Waals surface area contributed by atoms with Crippen LogP contribution in [0.3, 0.4) is 0 Å².